The number of benzene rings is 1. The molecule has 2 amide bonds. The van der Waals surface area contributed by atoms with Crippen LogP contribution in [0.5, 0.6) is 0 Å². The predicted octanol–water partition coefficient (Wildman–Crippen LogP) is 3.20. The lowest BCUT2D eigenvalue weighted by Gasteiger charge is -2.36. The number of morpholine rings is 1. The molecule has 31 heavy (non-hydrogen) atoms. The van der Waals surface area contributed by atoms with Gasteiger partial charge in [-0.2, -0.15) is 0 Å². The maximum atomic E-state index is 12.7. The number of carbonyl (C=O) groups is 2. The van der Waals surface area contributed by atoms with Crippen molar-refractivity contribution in [3.63, 3.8) is 0 Å². The Kier molecular flexibility index (Phi) is 7.76. The minimum Gasteiger partial charge on any atom is -0.373 e. The van der Waals surface area contributed by atoms with Gasteiger partial charge in [0.05, 0.1) is 18.1 Å². The number of amides is 2. The Morgan fingerprint density at radius 1 is 1.03 bits per heavy atom. The average Bonchev–Trinajstić information content (AvgIpc) is 2.71. The summed E-state index contributed by atoms with van der Waals surface area (Å²) in [6.07, 6.45) is 2.27. The van der Waals surface area contributed by atoms with Crippen molar-refractivity contribution in [3.8, 4) is 0 Å². The second-order valence-corrected chi connectivity index (χ2v) is 10.3. The highest BCUT2D eigenvalue weighted by Crippen LogP contribution is 2.23. The third kappa shape index (κ3) is 6.78. The number of ether oxygens (including phenoxy) is 1. The molecular weight excluding hydrogens is 390 g/mol. The molecule has 0 bridgehead atoms. The molecular formula is C25H39N3O3. The Balaban J connectivity index is 1.47. The van der Waals surface area contributed by atoms with Crippen molar-refractivity contribution >= 4 is 11.8 Å². The van der Waals surface area contributed by atoms with E-state index in [1.807, 2.05) is 25.7 Å². The van der Waals surface area contributed by atoms with E-state index in [1.54, 1.807) is 0 Å². The lowest BCUT2D eigenvalue weighted by atomic mass is 9.91. The van der Waals surface area contributed by atoms with Crippen LogP contribution in [0.2, 0.25) is 0 Å². The van der Waals surface area contributed by atoms with E-state index >= 15 is 0 Å². The van der Waals surface area contributed by atoms with Crippen LogP contribution in [0.1, 0.15) is 58.6 Å². The number of carbonyl (C=O) groups excluding carboxylic acids is 2. The first-order valence-electron chi connectivity index (χ1n) is 11.6. The summed E-state index contributed by atoms with van der Waals surface area (Å²) in [6.45, 7) is 14.7. The van der Waals surface area contributed by atoms with Gasteiger partial charge in [-0.15, -0.1) is 0 Å². The molecule has 1 aromatic rings. The van der Waals surface area contributed by atoms with E-state index in [9.17, 15) is 9.59 Å². The van der Waals surface area contributed by atoms with Crippen molar-refractivity contribution in [2.75, 3.05) is 26.2 Å². The van der Waals surface area contributed by atoms with Crippen LogP contribution in [0.25, 0.3) is 0 Å². The second kappa shape index (κ2) is 10.1. The van der Waals surface area contributed by atoms with Gasteiger partial charge in [-0.25, -0.2) is 0 Å². The summed E-state index contributed by atoms with van der Waals surface area (Å²) in [5.41, 5.74) is 1.97. The lowest BCUT2D eigenvalue weighted by molar-refractivity contribution is -0.142. The Bertz CT molecular complexity index is 746. The summed E-state index contributed by atoms with van der Waals surface area (Å²) in [6, 6.07) is 8.49. The van der Waals surface area contributed by atoms with Crippen LogP contribution < -0.4 is 5.32 Å². The molecule has 0 radical (unpaired) electrons. The largest absolute Gasteiger partial charge is 0.373 e. The van der Waals surface area contributed by atoms with Crippen molar-refractivity contribution in [2.24, 2.45) is 11.3 Å². The van der Waals surface area contributed by atoms with Crippen LogP contribution in [-0.2, 0) is 27.4 Å². The van der Waals surface area contributed by atoms with Gasteiger partial charge in [-0.05, 0) is 37.8 Å². The number of nitrogens with one attached hydrogen (secondary N) is 1. The lowest BCUT2D eigenvalue weighted by Crippen LogP contribution is -2.48. The Hall–Kier alpha value is -1.92. The number of piperidine rings is 1. The van der Waals surface area contributed by atoms with Crippen LogP contribution in [0, 0.1) is 11.3 Å². The van der Waals surface area contributed by atoms with Gasteiger partial charge in [0.25, 0.3) is 0 Å². The minimum absolute atomic E-state index is 0.0479. The molecule has 3 rings (SSSR count). The van der Waals surface area contributed by atoms with Gasteiger partial charge in [0, 0.05) is 44.7 Å². The van der Waals surface area contributed by atoms with Gasteiger partial charge < -0.3 is 15.0 Å². The molecule has 0 spiro atoms. The van der Waals surface area contributed by atoms with Crippen molar-refractivity contribution in [3.05, 3.63) is 35.4 Å². The van der Waals surface area contributed by atoms with Gasteiger partial charge >= 0.3 is 0 Å². The summed E-state index contributed by atoms with van der Waals surface area (Å²) in [5, 5.41) is 3.08. The van der Waals surface area contributed by atoms with Crippen LogP contribution >= 0.6 is 0 Å². The normalized spacial score (nSPS) is 25.3. The quantitative estimate of drug-likeness (QED) is 0.781. The Morgan fingerprint density at radius 3 is 2.26 bits per heavy atom. The highest BCUT2D eigenvalue weighted by Gasteiger charge is 2.33. The summed E-state index contributed by atoms with van der Waals surface area (Å²) < 4.78 is 5.81. The monoisotopic (exact) mass is 429 g/mol. The van der Waals surface area contributed by atoms with Crippen molar-refractivity contribution < 1.29 is 14.3 Å². The van der Waals surface area contributed by atoms with E-state index in [1.165, 1.54) is 5.56 Å². The number of rotatable bonds is 5. The SMILES string of the molecule is CC1CN(Cc2ccc(CNC(=O)C3CCCN(C(=O)C(C)(C)C)C3)cc2)CC(C)O1. The molecule has 2 heterocycles. The molecule has 2 saturated heterocycles. The molecule has 2 fully saturated rings. The number of nitrogens with zero attached hydrogens (tertiary/aromatic N) is 2. The maximum Gasteiger partial charge on any atom is 0.227 e. The van der Waals surface area contributed by atoms with Gasteiger partial charge in [0.1, 0.15) is 0 Å². The number of hydrogen-bond donors (Lipinski definition) is 1. The Morgan fingerprint density at radius 2 is 1.65 bits per heavy atom. The van der Waals surface area contributed by atoms with Gasteiger partial charge in [-0.1, -0.05) is 45.0 Å². The fourth-order valence-electron chi connectivity index (χ4n) is 4.62. The predicted molar refractivity (Wildman–Crippen MR) is 122 cm³/mol. The first kappa shape index (κ1) is 23.7. The average molecular weight is 430 g/mol. The molecule has 0 saturated carbocycles. The van der Waals surface area contributed by atoms with E-state index in [2.05, 4.69) is 48.3 Å². The van der Waals surface area contributed by atoms with E-state index < -0.39 is 5.41 Å². The highest BCUT2D eigenvalue weighted by molar-refractivity contribution is 5.83. The third-order valence-electron chi connectivity index (χ3n) is 6.11. The van der Waals surface area contributed by atoms with Crippen LogP contribution in [-0.4, -0.2) is 60.0 Å². The molecule has 6 nitrogen and oxygen atoms in total. The summed E-state index contributed by atoms with van der Waals surface area (Å²) in [4.78, 5) is 29.6. The molecule has 1 aromatic carbocycles. The second-order valence-electron chi connectivity index (χ2n) is 10.3. The number of hydrogen-bond acceptors (Lipinski definition) is 4. The molecule has 0 aliphatic carbocycles. The standard InChI is InChI=1S/C25H39N3O3/c1-18-14-27(15-19(2)31-18)16-21-10-8-20(9-11-21)13-26-23(29)22-7-6-12-28(17-22)24(30)25(3,4)5/h8-11,18-19,22H,6-7,12-17H2,1-5H3,(H,26,29). The zero-order valence-electron chi connectivity index (χ0n) is 19.8. The molecule has 3 unspecified atom stereocenters. The molecule has 172 valence electrons. The smallest absolute Gasteiger partial charge is 0.227 e. The molecule has 6 heteroatoms. The molecule has 0 aromatic heterocycles. The minimum atomic E-state index is -0.405. The third-order valence-corrected chi connectivity index (χ3v) is 6.11. The summed E-state index contributed by atoms with van der Waals surface area (Å²) >= 11 is 0. The topological polar surface area (TPSA) is 61.9 Å². The van der Waals surface area contributed by atoms with E-state index in [4.69, 9.17) is 4.74 Å². The van der Waals surface area contributed by atoms with E-state index in [-0.39, 0.29) is 29.9 Å². The number of likely N-dealkylation sites (tertiary alicyclic amines) is 1. The highest BCUT2D eigenvalue weighted by atomic mass is 16.5. The van der Waals surface area contributed by atoms with Crippen molar-refractivity contribution in [1.29, 1.82) is 0 Å². The van der Waals surface area contributed by atoms with Crippen LogP contribution in [0.15, 0.2) is 24.3 Å². The fraction of sp³-hybridized carbons (Fsp3) is 0.680. The van der Waals surface area contributed by atoms with Crippen LogP contribution in [0.4, 0.5) is 0 Å². The Labute approximate surface area is 187 Å². The first-order chi connectivity index (χ1) is 14.6. The van der Waals surface area contributed by atoms with E-state index in [0.29, 0.717) is 13.1 Å². The van der Waals surface area contributed by atoms with E-state index in [0.717, 1.165) is 44.6 Å². The first-order valence-corrected chi connectivity index (χ1v) is 11.6. The molecule has 1 N–H and O–H groups in total. The van der Waals surface area contributed by atoms with Crippen molar-refractivity contribution in [2.45, 2.75) is 72.8 Å². The van der Waals surface area contributed by atoms with Crippen LogP contribution in [0.3, 0.4) is 0 Å². The van der Waals surface area contributed by atoms with Gasteiger partial charge in [0.2, 0.25) is 11.8 Å². The molecule has 2 aliphatic rings. The maximum absolute atomic E-state index is 12.7. The fourth-order valence-corrected chi connectivity index (χ4v) is 4.62. The zero-order valence-corrected chi connectivity index (χ0v) is 19.8. The van der Waals surface area contributed by atoms with Gasteiger partial charge in [0.15, 0.2) is 0 Å². The summed E-state index contributed by atoms with van der Waals surface area (Å²) in [7, 11) is 0. The zero-order chi connectivity index (χ0) is 22.6. The summed E-state index contributed by atoms with van der Waals surface area (Å²) in [5.74, 6) is 0.0565. The molecule has 3 atom stereocenters. The molecule has 2 aliphatic heterocycles. The van der Waals surface area contributed by atoms with Crippen molar-refractivity contribution in [1.82, 2.24) is 15.1 Å². The van der Waals surface area contributed by atoms with Gasteiger partial charge in [-0.3, -0.25) is 14.5 Å².